The molecule has 1 N–H and O–H groups in total. The van der Waals surface area contributed by atoms with E-state index in [-0.39, 0.29) is 5.41 Å². The molecule has 0 bridgehead atoms. The van der Waals surface area contributed by atoms with Gasteiger partial charge in [0.05, 0.1) is 6.10 Å². The lowest BCUT2D eigenvalue weighted by Crippen LogP contribution is -2.09. The molecule has 1 atom stereocenters. The Morgan fingerprint density at radius 1 is 1.25 bits per heavy atom. The fourth-order valence-corrected chi connectivity index (χ4v) is 1.76. The topological polar surface area (TPSA) is 20.2 Å². The molecule has 1 aliphatic carbocycles. The standard InChI is InChI=1S/C15H24O/c1-12-6-5-7-13(2)14(16)9-11-15(3,4)10-8-12/h7-9,11,14,16H,5-6,10H2,1-4H3/b11-9-,12-8-,13-7-. The first-order valence-electron chi connectivity index (χ1n) is 6.10. The van der Waals surface area contributed by atoms with Crippen molar-refractivity contribution in [1.82, 2.24) is 0 Å². The van der Waals surface area contributed by atoms with Crippen molar-refractivity contribution in [3.63, 3.8) is 0 Å². The molecule has 0 spiro atoms. The molecule has 0 heterocycles. The maximum Gasteiger partial charge on any atom is 0.0929 e. The molecule has 0 saturated heterocycles. The molecule has 0 fully saturated rings. The van der Waals surface area contributed by atoms with Crippen molar-refractivity contribution in [2.75, 3.05) is 0 Å². The quantitative estimate of drug-likeness (QED) is 0.612. The van der Waals surface area contributed by atoms with Crippen LogP contribution in [0.1, 0.15) is 47.0 Å². The van der Waals surface area contributed by atoms with Crippen molar-refractivity contribution in [2.45, 2.75) is 53.1 Å². The lowest BCUT2D eigenvalue weighted by atomic mass is 9.87. The van der Waals surface area contributed by atoms with Crippen molar-refractivity contribution in [3.05, 3.63) is 35.5 Å². The summed E-state index contributed by atoms with van der Waals surface area (Å²) in [6.07, 6.45) is 11.3. The summed E-state index contributed by atoms with van der Waals surface area (Å²) in [5, 5.41) is 9.92. The van der Waals surface area contributed by atoms with Gasteiger partial charge in [-0.25, -0.2) is 0 Å². The van der Waals surface area contributed by atoms with Gasteiger partial charge >= 0.3 is 0 Å². The van der Waals surface area contributed by atoms with Gasteiger partial charge in [-0.15, -0.1) is 0 Å². The molecule has 0 saturated carbocycles. The van der Waals surface area contributed by atoms with E-state index in [4.69, 9.17) is 0 Å². The fourth-order valence-electron chi connectivity index (χ4n) is 1.76. The van der Waals surface area contributed by atoms with Crippen LogP contribution in [0.25, 0.3) is 0 Å². The molecule has 1 rings (SSSR count). The Hall–Kier alpha value is -0.820. The largest absolute Gasteiger partial charge is 0.385 e. The van der Waals surface area contributed by atoms with E-state index in [1.165, 1.54) is 5.57 Å². The summed E-state index contributed by atoms with van der Waals surface area (Å²) in [5.74, 6) is 0. The van der Waals surface area contributed by atoms with Crippen LogP contribution >= 0.6 is 0 Å². The number of allylic oxidation sites excluding steroid dienone is 4. The summed E-state index contributed by atoms with van der Waals surface area (Å²) in [6, 6.07) is 0. The molecule has 16 heavy (non-hydrogen) atoms. The molecule has 0 aromatic heterocycles. The van der Waals surface area contributed by atoms with E-state index < -0.39 is 6.10 Å². The number of hydrogen-bond donors (Lipinski definition) is 1. The molecular formula is C15H24O. The highest BCUT2D eigenvalue weighted by Crippen LogP contribution is 2.25. The first-order chi connectivity index (χ1) is 7.41. The van der Waals surface area contributed by atoms with Crippen molar-refractivity contribution in [2.24, 2.45) is 5.41 Å². The summed E-state index contributed by atoms with van der Waals surface area (Å²) in [7, 11) is 0. The van der Waals surface area contributed by atoms with Gasteiger partial charge in [-0.3, -0.25) is 0 Å². The van der Waals surface area contributed by atoms with Gasteiger partial charge in [0, 0.05) is 0 Å². The van der Waals surface area contributed by atoms with Gasteiger partial charge in [0.2, 0.25) is 0 Å². The van der Waals surface area contributed by atoms with E-state index >= 15 is 0 Å². The fraction of sp³-hybridized carbons (Fsp3) is 0.600. The zero-order valence-corrected chi connectivity index (χ0v) is 11.0. The van der Waals surface area contributed by atoms with Crippen molar-refractivity contribution in [3.8, 4) is 0 Å². The molecule has 0 amide bonds. The van der Waals surface area contributed by atoms with Crippen molar-refractivity contribution in [1.29, 1.82) is 0 Å². The maximum absolute atomic E-state index is 9.92. The lowest BCUT2D eigenvalue weighted by molar-refractivity contribution is 0.256. The van der Waals surface area contributed by atoms with Gasteiger partial charge in [0.25, 0.3) is 0 Å². The van der Waals surface area contributed by atoms with E-state index in [0.717, 1.165) is 24.8 Å². The highest BCUT2D eigenvalue weighted by molar-refractivity contribution is 5.16. The third-order valence-corrected chi connectivity index (χ3v) is 3.18. The van der Waals surface area contributed by atoms with Gasteiger partial charge in [-0.05, 0) is 44.1 Å². The van der Waals surface area contributed by atoms with Crippen LogP contribution in [-0.2, 0) is 0 Å². The van der Waals surface area contributed by atoms with Gasteiger partial charge < -0.3 is 5.11 Å². The van der Waals surface area contributed by atoms with Crippen LogP contribution in [0.15, 0.2) is 35.5 Å². The summed E-state index contributed by atoms with van der Waals surface area (Å²) in [6.45, 7) is 8.60. The molecule has 1 aliphatic rings. The minimum Gasteiger partial charge on any atom is -0.385 e. The minimum absolute atomic E-state index is 0.132. The first kappa shape index (κ1) is 13.2. The van der Waals surface area contributed by atoms with Gasteiger partial charge in [-0.1, -0.05) is 43.7 Å². The number of hydrogen-bond acceptors (Lipinski definition) is 1. The van der Waals surface area contributed by atoms with Crippen molar-refractivity contribution < 1.29 is 5.11 Å². The predicted octanol–water partition coefficient (Wildman–Crippen LogP) is 4.01. The summed E-state index contributed by atoms with van der Waals surface area (Å²) < 4.78 is 0. The molecule has 0 radical (unpaired) electrons. The second-order valence-corrected chi connectivity index (χ2v) is 5.53. The van der Waals surface area contributed by atoms with Crippen LogP contribution in [0, 0.1) is 5.41 Å². The molecule has 1 heteroatoms. The lowest BCUT2D eigenvalue weighted by Gasteiger charge is -2.19. The molecule has 1 unspecified atom stereocenters. The monoisotopic (exact) mass is 220 g/mol. The van der Waals surface area contributed by atoms with E-state index in [2.05, 4.69) is 39.0 Å². The van der Waals surface area contributed by atoms with Gasteiger partial charge in [-0.2, -0.15) is 0 Å². The molecule has 1 nitrogen and oxygen atoms in total. The van der Waals surface area contributed by atoms with Gasteiger partial charge in [0.1, 0.15) is 0 Å². The second-order valence-electron chi connectivity index (χ2n) is 5.53. The Bertz CT molecular complexity index is 318. The highest BCUT2D eigenvalue weighted by atomic mass is 16.3. The zero-order valence-electron chi connectivity index (χ0n) is 11.0. The van der Waals surface area contributed by atoms with E-state index in [1.807, 2.05) is 13.0 Å². The highest BCUT2D eigenvalue weighted by Gasteiger charge is 2.13. The summed E-state index contributed by atoms with van der Waals surface area (Å²) in [5.41, 5.74) is 2.64. The Morgan fingerprint density at radius 2 is 1.94 bits per heavy atom. The summed E-state index contributed by atoms with van der Waals surface area (Å²) >= 11 is 0. The predicted molar refractivity (Wildman–Crippen MR) is 70.3 cm³/mol. The van der Waals surface area contributed by atoms with Crippen LogP contribution in [-0.4, -0.2) is 11.2 Å². The molecule has 0 aromatic rings. The van der Waals surface area contributed by atoms with Crippen LogP contribution in [0.3, 0.4) is 0 Å². The SMILES string of the molecule is C/C1=C/CC(C)(C)/C=C\C(O)/C(C)=C\CC1. The molecule has 90 valence electrons. The van der Waals surface area contributed by atoms with Crippen LogP contribution < -0.4 is 0 Å². The van der Waals surface area contributed by atoms with E-state index in [1.54, 1.807) is 0 Å². The zero-order chi connectivity index (χ0) is 12.2. The number of aliphatic hydroxyl groups is 1. The Kier molecular flexibility index (Phi) is 4.55. The third-order valence-electron chi connectivity index (χ3n) is 3.18. The Balaban J connectivity index is 2.90. The van der Waals surface area contributed by atoms with Gasteiger partial charge in [0.15, 0.2) is 0 Å². The minimum atomic E-state index is -0.419. The molecule has 0 aliphatic heterocycles. The average Bonchev–Trinajstić information content (AvgIpc) is 2.23. The van der Waals surface area contributed by atoms with Crippen LogP contribution in [0.2, 0.25) is 0 Å². The van der Waals surface area contributed by atoms with Crippen LogP contribution in [0.4, 0.5) is 0 Å². The normalized spacial score (nSPS) is 35.2. The number of rotatable bonds is 0. The van der Waals surface area contributed by atoms with Crippen LogP contribution in [0.5, 0.6) is 0 Å². The Labute approximate surface area is 99.6 Å². The molecular weight excluding hydrogens is 196 g/mol. The third kappa shape index (κ3) is 4.36. The van der Waals surface area contributed by atoms with E-state index in [0.29, 0.717) is 0 Å². The maximum atomic E-state index is 9.92. The van der Waals surface area contributed by atoms with E-state index in [9.17, 15) is 5.11 Å². The second kappa shape index (κ2) is 5.49. The molecule has 0 aromatic carbocycles. The van der Waals surface area contributed by atoms with Crippen molar-refractivity contribution >= 4 is 0 Å². The summed E-state index contributed by atoms with van der Waals surface area (Å²) in [4.78, 5) is 0. The average molecular weight is 220 g/mol. The Morgan fingerprint density at radius 3 is 2.62 bits per heavy atom. The number of aliphatic hydroxyl groups excluding tert-OH is 1. The first-order valence-corrected chi connectivity index (χ1v) is 6.10. The smallest absolute Gasteiger partial charge is 0.0929 e.